The van der Waals surface area contributed by atoms with E-state index in [1.807, 2.05) is 13.1 Å². The summed E-state index contributed by atoms with van der Waals surface area (Å²) in [5.74, 6) is 0.744. The Kier molecular flexibility index (Phi) is 4.20. The van der Waals surface area contributed by atoms with Gasteiger partial charge < -0.3 is 20.3 Å². The van der Waals surface area contributed by atoms with Crippen molar-refractivity contribution in [3.8, 4) is 5.75 Å². The Morgan fingerprint density at radius 3 is 2.53 bits per heavy atom. The molecule has 0 unspecified atom stereocenters. The molecule has 0 bridgehead atoms. The molecular formula is C12H19N3O2. The van der Waals surface area contributed by atoms with Gasteiger partial charge in [-0.25, -0.2) is 0 Å². The highest BCUT2D eigenvalue weighted by atomic mass is 16.5. The zero-order chi connectivity index (χ0) is 13.0. The predicted octanol–water partition coefficient (Wildman–Crippen LogP) is 0.802. The normalized spacial score (nSPS) is 9.88. The number of amides is 1. The minimum absolute atomic E-state index is 0.0229. The summed E-state index contributed by atoms with van der Waals surface area (Å²) in [7, 11) is 6.88. The van der Waals surface area contributed by atoms with E-state index in [0.717, 1.165) is 11.4 Å². The number of hydrogen-bond acceptors (Lipinski definition) is 4. The molecule has 1 aromatic carbocycles. The molecule has 0 saturated heterocycles. The lowest BCUT2D eigenvalue weighted by molar-refractivity contribution is -0.127. The minimum atomic E-state index is 0.0229. The fourth-order valence-corrected chi connectivity index (χ4v) is 1.41. The molecule has 0 saturated carbocycles. The average Bonchev–Trinajstić information content (AvgIpc) is 2.29. The van der Waals surface area contributed by atoms with E-state index in [2.05, 4.69) is 0 Å². The topological polar surface area (TPSA) is 58.8 Å². The van der Waals surface area contributed by atoms with Crippen LogP contribution in [0.4, 0.5) is 11.4 Å². The highest BCUT2D eigenvalue weighted by molar-refractivity contribution is 5.82. The maximum atomic E-state index is 11.6. The lowest BCUT2D eigenvalue weighted by atomic mass is 10.2. The second kappa shape index (κ2) is 5.43. The summed E-state index contributed by atoms with van der Waals surface area (Å²) < 4.78 is 5.13. The minimum Gasteiger partial charge on any atom is -0.497 e. The fraction of sp³-hybridized carbons (Fsp3) is 0.417. The van der Waals surface area contributed by atoms with Gasteiger partial charge in [-0.15, -0.1) is 0 Å². The molecule has 1 amide bonds. The monoisotopic (exact) mass is 237 g/mol. The second-order valence-corrected chi connectivity index (χ2v) is 4.07. The number of nitrogens with two attached hydrogens (primary N) is 1. The van der Waals surface area contributed by atoms with Gasteiger partial charge in [0.15, 0.2) is 0 Å². The van der Waals surface area contributed by atoms with Gasteiger partial charge in [-0.2, -0.15) is 0 Å². The molecule has 1 rings (SSSR count). The number of hydrogen-bond donors (Lipinski definition) is 1. The van der Waals surface area contributed by atoms with Crippen molar-refractivity contribution in [1.29, 1.82) is 0 Å². The van der Waals surface area contributed by atoms with Crippen molar-refractivity contribution in [1.82, 2.24) is 4.90 Å². The molecule has 1 aromatic rings. The van der Waals surface area contributed by atoms with Gasteiger partial charge in [-0.3, -0.25) is 4.79 Å². The first-order chi connectivity index (χ1) is 7.95. The van der Waals surface area contributed by atoms with E-state index in [9.17, 15) is 4.79 Å². The number of nitrogens with zero attached hydrogens (tertiary/aromatic N) is 2. The third-order valence-electron chi connectivity index (χ3n) is 2.52. The standard InChI is InChI=1S/C12H19N3O2/c1-14(2)12(16)8-15(3)11-7-9(17-4)5-6-10(11)13/h5-7H,8,13H2,1-4H3. The van der Waals surface area contributed by atoms with Crippen LogP contribution in [0, 0.1) is 0 Å². The number of methoxy groups -OCH3 is 1. The maximum Gasteiger partial charge on any atom is 0.241 e. The molecule has 0 radical (unpaired) electrons. The Balaban J connectivity index is 2.87. The van der Waals surface area contributed by atoms with E-state index in [1.54, 1.807) is 43.1 Å². The smallest absolute Gasteiger partial charge is 0.241 e. The molecule has 0 aromatic heterocycles. The van der Waals surface area contributed by atoms with E-state index < -0.39 is 0 Å². The molecule has 0 aliphatic heterocycles. The number of carbonyl (C=O) groups excluding carboxylic acids is 1. The van der Waals surface area contributed by atoms with Crippen LogP contribution in [-0.4, -0.2) is 45.6 Å². The zero-order valence-electron chi connectivity index (χ0n) is 10.7. The number of benzene rings is 1. The van der Waals surface area contributed by atoms with Gasteiger partial charge in [0, 0.05) is 27.2 Å². The largest absolute Gasteiger partial charge is 0.497 e. The molecule has 0 fully saturated rings. The molecule has 5 nitrogen and oxygen atoms in total. The highest BCUT2D eigenvalue weighted by Crippen LogP contribution is 2.27. The molecule has 0 aliphatic rings. The van der Waals surface area contributed by atoms with Crippen molar-refractivity contribution in [3.63, 3.8) is 0 Å². The average molecular weight is 237 g/mol. The van der Waals surface area contributed by atoms with Gasteiger partial charge >= 0.3 is 0 Å². The third-order valence-corrected chi connectivity index (χ3v) is 2.52. The summed E-state index contributed by atoms with van der Waals surface area (Å²) in [4.78, 5) is 15.0. The van der Waals surface area contributed by atoms with E-state index >= 15 is 0 Å². The summed E-state index contributed by atoms with van der Waals surface area (Å²) in [5.41, 5.74) is 7.29. The third kappa shape index (κ3) is 3.27. The van der Waals surface area contributed by atoms with Gasteiger partial charge in [-0.1, -0.05) is 0 Å². The van der Waals surface area contributed by atoms with Crippen LogP contribution in [0.25, 0.3) is 0 Å². The van der Waals surface area contributed by atoms with Crippen LogP contribution in [0.5, 0.6) is 5.75 Å². The van der Waals surface area contributed by atoms with Crippen molar-refractivity contribution >= 4 is 17.3 Å². The zero-order valence-corrected chi connectivity index (χ0v) is 10.7. The highest BCUT2D eigenvalue weighted by Gasteiger charge is 2.12. The van der Waals surface area contributed by atoms with Crippen LogP contribution < -0.4 is 15.4 Å². The lowest BCUT2D eigenvalue weighted by Gasteiger charge is -2.22. The van der Waals surface area contributed by atoms with Crippen LogP contribution in [0.15, 0.2) is 18.2 Å². The Morgan fingerprint density at radius 2 is 2.00 bits per heavy atom. The van der Waals surface area contributed by atoms with Crippen molar-refractivity contribution in [2.75, 3.05) is 45.4 Å². The van der Waals surface area contributed by atoms with E-state index in [-0.39, 0.29) is 12.5 Å². The summed E-state index contributed by atoms with van der Waals surface area (Å²) >= 11 is 0. The fourth-order valence-electron chi connectivity index (χ4n) is 1.41. The Bertz CT molecular complexity index is 405. The summed E-state index contributed by atoms with van der Waals surface area (Å²) in [6, 6.07) is 5.38. The van der Waals surface area contributed by atoms with Crippen LogP contribution in [-0.2, 0) is 4.79 Å². The van der Waals surface area contributed by atoms with Crippen LogP contribution in [0.1, 0.15) is 0 Å². The SMILES string of the molecule is COc1ccc(N)c(N(C)CC(=O)N(C)C)c1. The lowest BCUT2D eigenvalue weighted by Crippen LogP contribution is -2.34. The van der Waals surface area contributed by atoms with Crippen molar-refractivity contribution in [3.05, 3.63) is 18.2 Å². The molecule has 5 heteroatoms. The maximum absolute atomic E-state index is 11.6. The van der Waals surface area contributed by atoms with Gasteiger partial charge in [0.1, 0.15) is 5.75 Å². The summed E-state index contributed by atoms with van der Waals surface area (Å²) in [6.45, 7) is 0.282. The van der Waals surface area contributed by atoms with Crippen molar-refractivity contribution in [2.45, 2.75) is 0 Å². The molecule has 17 heavy (non-hydrogen) atoms. The van der Waals surface area contributed by atoms with Crippen molar-refractivity contribution in [2.24, 2.45) is 0 Å². The predicted molar refractivity (Wildman–Crippen MR) is 69.4 cm³/mol. The molecule has 0 heterocycles. The number of anilines is 2. The molecular weight excluding hydrogens is 218 g/mol. The number of ether oxygens (including phenoxy) is 1. The number of carbonyl (C=O) groups is 1. The Labute approximate surface area is 102 Å². The second-order valence-electron chi connectivity index (χ2n) is 4.07. The van der Waals surface area contributed by atoms with E-state index in [4.69, 9.17) is 10.5 Å². The molecule has 2 N–H and O–H groups in total. The molecule has 0 aliphatic carbocycles. The van der Waals surface area contributed by atoms with Gasteiger partial charge in [0.25, 0.3) is 0 Å². The Hall–Kier alpha value is -1.91. The first-order valence-corrected chi connectivity index (χ1v) is 5.30. The van der Waals surface area contributed by atoms with Gasteiger partial charge in [0.2, 0.25) is 5.91 Å². The number of rotatable bonds is 4. The molecule has 94 valence electrons. The van der Waals surface area contributed by atoms with Crippen molar-refractivity contribution < 1.29 is 9.53 Å². The quantitative estimate of drug-likeness (QED) is 0.787. The van der Waals surface area contributed by atoms with E-state index in [0.29, 0.717) is 5.69 Å². The summed E-state index contributed by atoms with van der Waals surface area (Å²) in [5, 5.41) is 0. The van der Waals surface area contributed by atoms with Crippen LogP contribution in [0.2, 0.25) is 0 Å². The van der Waals surface area contributed by atoms with Crippen LogP contribution in [0.3, 0.4) is 0 Å². The van der Waals surface area contributed by atoms with Gasteiger partial charge in [0.05, 0.1) is 25.0 Å². The first-order valence-electron chi connectivity index (χ1n) is 5.30. The van der Waals surface area contributed by atoms with Crippen LogP contribution >= 0.6 is 0 Å². The number of nitrogen functional groups attached to an aromatic ring is 1. The molecule has 0 spiro atoms. The number of likely N-dealkylation sites (N-methyl/N-ethyl adjacent to an activating group) is 2. The Morgan fingerprint density at radius 1 is 1.35 bits per heavy atom. The van der Waals surface area contributed by atoms with Gasteiger partial charge in [-0.05, 0) is 12.1 Å². The van der Waals surface area contributed by atoms with E-state index in [1.165, 1.54) is 0 Å². The molecule has 0 atom stereocenters. The first kappa shape index (κ1) is 13.2. The summed E-state index contributed by atoms with van der Waals surface area (Å²) in [6.07, 6.45) is 0.